The third-order valence-electron chi connectivity index (χ3n) is 5.99. The van der Waals surface area contributed by atoms with Gasteiger partial charge in [-0.3, -0.25) is 4.79 Å². The lowest BCUT2D eigenvalue weighted by atomic mass is 9.50. The number of esters is 1. The number of fused-ring (bicyclic) bond motifs is 1. The number of aromatic amines is 1. The van der Waals surface area contributed by atoms with Gasteiger partial charge in [0, 0.05) is 24.4 Å². The summed E-state index contributed by atoms with van der Waals surface area (Å²) in [5.74, 6) is 1.35. The summed E-state index contributed by atoms with van der Waals surface area (Å²) in [4.78, 5) is 30.9. The average molecular weight is 376 g/mol. The second-order valence-corrected chi connectivity index (χ2v) is 7.93. The molecule has 6 heteroatoms. The number of Topliss-reactive ketones (excluding diaryl/α,β-unsaturated/α-hetero) is 1. The number of ether oxygens (including phenoxy) is 2. The Morgan fingerprint density at radius 2 is 2.04 bits per heavy atom. The number of pyridine rings is 1. The summed E-state index contributed by atoms with van der Waals surface area (Å²) in [6.45, 7) is 0. The van der Waals surface area contributed by atoms with E-state index in [0.29, 0.717) is 28.8 Å². The number of benzene rings is 1. The van der Waals surface area contributed by atoms with E-state index >= 15 is 0 Å². The first-order valence-corrected chi connectivity index (χ1v) is 9.40. The minimum Gasteiger partial charge on any atom is -0.465 e. The standard InChI is InChI=1S/C22H20N2O4/c1-27-21(26)18-3-2-13(15-8-22(9-15)10-16(25)11-22)7-19(18)28-17-6-14-4-5-23-20(14)24-12-17/h2-7,12,15H,8-11H2,1H3,(H,23,24). The largest absolute Gasteiger partial charge is 0.465 e. The van der Waals surface area contributed by atoms with Crippen LogP contribution in [0.2, 0.25) is 0 Å². The molecule has 1 N–H and O–H groups in total. The fourth-order valence-electron chi connectivity index (χ4n) is 4.55. The average Bonchev–Trinajstić information content (AvgIpc) is 3.10. The summed E-state index contributed by atoms with van der Waals surface area (Å²) in [7, 11) is 1.36. The molecule has 142 valence electrons. The van der Waals surface area contributed by atoms with E-state index in [0.717, 1.165) is 42.3 Å². The molecule has 2 aliphatic rings. The van der Waals surface area contributed by atoms with E-state index in [1.807, 2.05) is 30.5 Å². The molecule has 3 aromatic rings. The highest BCUT2D eigenvalue weighted by atomic mass is 16.5. The molecular weight excluding hydrogens is 356 g/mol. The van der Waals surface area contributed by atoms with Crippen LogP contribution in [-0.2, 0) is 9.53 Å². The van der Waals surface area contributed by atoms with Crippen LogP contribution in [0, 0.1) is 5.41 Å². The van der Waals surface area contributed by atoms with Crippen molar-refractivity contribution in [2.45, 2.75) is 31.6 Å². The number of nitrogens with one attached hydrogen (secondary N) is 1. The Hall–Kier alpha value is -3.15. The zero-order valence-corrected chi connectivity index (χ0v) is 15.5. The lowest BCUT2D eigenvalue weighted by Gasteiger charge is -2.53. The van der Waals surface area contributed by atoms with Gasteiger partial charge in [0.2, 0.25) is 0 Å². The van der Waals surface area contributed by atoms with E-state index < -0.39 is 5.97 Å². The molecule has 0 bridgehead atoms. The minimum atomic E-state index is -0.438. The summed E-state index contributed by atoms with van der Waals surface area (Å²) in [5.41, 5.74) is 2.52. The molecule has 0 unspecified atom stereocenters. The predicted molar refractivity (Wildman–Crippen MR) is 103 cm³/mol. The fraction of sp³-hybridized carbons (Fsp3) is 0.318. The third kappa shape index (κ3) is 2.76. The SMILES string of the molecule is COC(=O)c1ccc(C2CC3(CC(=O)C3)C2)cc1Oc1cnc2[nH]ccc2c1. The van der Waals surface area contributed by atoms with Crippen molar-refractivity contribution in [2.75, 3.05) is 7.11 Å². The van der Waals surface area contributed by atoms with Crippen molar-refractivity contribution in [1.29, 1.82) is 0 Å². The molecule has 2 heterocycles. The van der Waals surface area contributed by atoms with Crippen LogP contribution in [0.15, 0.2) is 42.7 Å². The summed E-state index contributed by atoms with van der Waals surface area (Å²) >= 11 is 0. The topological polar surface area (TPSA) is 81.3 Å². The summed E-state index contributed by atoms with van der Waals surface area (Å²) in [6, 6.07) is 9.44. The molecule has 2 aliphatic carbocycles. The van der Waals surface area contributed by atoms with Gasteiger partial charge >= 0.3 is 5.97 Å². The molecule has 2 fully saturated rings. The number of hydrogen-bond acceptors (Lipinski definition) is 5. The highest BCUT2D eigenvalue weighted by Crippen LogP contribution is 2.60. The highest BCUT2D eigenvalue weighted by Gasteiger charge is 2.52. The zero-order valence-electron chi connectivity index (χ0n) is 15.5. The number of carbonyl (C=O) groups is 2. The number of aromatic nitrogens is 2. The maximum atomic E-state index is 12.2. The van der Waals surface area contributed by atoms with E-state index in [9.17, 15) is 9.59 Å². The van der Waals surface area contributed by atoms with E-state index in [-0.39, 0.29) is 5.41 Å². The molecule has 0 aliphatic heterocycles. The van der Waals surface area contributed by atoms with Crippen molar-refractivity contribution >= 4 is 22.8 Å². The first-order chi connectivity index (χ1) is 13.5. The van der Waals surface area contributed by atoms with Gasteiger partial charge in [-0.05, 0) is 54.0 Å². The Balaban J connectivity index is 1.43. The van der Waals surface area contributed by atoms with Gasteiger partial charge < -0.3 is 14.5 Å². The van der Waals surface area contributed by atoms with Gasteiger partial charge in [0.25, 0.3) is 0 Å². The van der Waals surface area contributed by atoms with Gasteiger partial charge in [0.1, 0.15) is 28.5 Å². The first-order valence-electron chi connectivity index (χ1n) is 9.40. The number of ketones is 1. The number of methoxy groups -OCH3 is 1. The van der Waals surface area contributed by atoms with Gasteiger partial charge in [-0.25, -0.2) is 9.78 Å². The summed E-state index contributed by atoms with van der Waals surface area (Å²) in [6.07, 6.45) is 6.93. The molecule has 0 amide bonds. The number of rotatable bonds is 4. The molecular formula is C22H20N2O4. The van der Waals surface area contributed by atoms with Crippen LogP contribution in [0.5, 0.6) is 11.5 Å². The Kier molecular flexibility index (Phi) is 3.75. The third-order valence-corrected chi connectivity index (χ3v) is 5.99. The van der Waals surface area contributed by atoms with Crippen LogP contribution in [0.4, 0.5) is 0 Å². The van der Waals surface area contributed by atoms with E-state index in [1.54, 1.807) is 12.3 Å². The molecule has 1 aromatic carbocycles. The van der Waals surface area contributed by atoms with E-state index in [2.05, 4.69) is 9.97 Å². The Morgan fingerprint density at radius 1 is 1.21 bits per heavy atom. The Bertz CT molecular complexity index is 1080. The molecule has 2 saturated carbocycles. The first kappa shape index (κ1) is 17.0. The van der Waals surface area contributed by atoms with Gasteiger partial charge in [-0.1, -0.05) is 6.07 Å². The number of carbonyl (C=O) groups excluding carboxylic acids is 2. The molecule has 0 radical (unpaired) electrons. The van der Waals surface area contributed by atoms with Crippen molar-refractivity contribution in [3.63, 3.8) is 0 Å². The molecule has 5 rings (SSSR count). The van der Waals surface area contributed by atoms with E-state index in [4.69, 9.17) is 9.47 Å². The van der Waals surface area contributed by atoms with Crippen LogP contribution >= 0.6 is 0 Å². The highest BCUT2D eigenvalue weighted by molar-refractivity contribution is 5.93. The summed E-state index contributed by atoms with van der Waals surface area (Å²) in [5, 5.41) is 0.934. The van der Waals surface area contributed by atoms with Crippen molar-refractivity contribution in [1.82, 2.24) is 9.97 Å². The maximum Gasteiger partial charge on any atom is 0.341 e. The van der Waals surface area contributed by atoms with Crippen LogP contribution in [0.3, 0.4) is 0 Å². The number of hydrogen-bond donors (Lipinski definition) is 1. The predicted octanol–water partition coefficient (Wildman–Crippen LogP) is 4.37. The zero-order chi connectivity index (χ0) is 19.3. The number of H-pyrrole nitrogens is 1. The minimum absolute atomic E-state index is 0.229. The molecule has 6 nitrogen and oxygen atoms in total. The quantitative estimate of drug-likeness (QED) is 0.684. The van der Waals surface area contributed by atoms with Gasteiger partial charge in [-0.15, -0.1) is 0 Å². The second kappa shape index (κ2) is 6.19. The van der Waals surface area contributed by atoms with Crippen molar-refractivity contribution in [2.24, 2.45) is 5.41 Å². The molecule has 0 atom stereocenters. The fourth-order valence-corrected chi connectivity index (χ4v) is 4.55. The molecule has 0 saturated heterocycles. The second-order valence-electron chi connectivity index (χ2n) is 7.93. The molecule has 1 spiro atoms. The van der Waals surface area contributed by atoms with Crippen LogP contribution in [-0.4, -0.2) is 28.8 Å². The van der Waals surface area contributed by atoms with Gasteiger partial charge in [0.05, 0.1) is 13.3 Å². The van der Waals surface area contributed by atoms with Crippen molar-refractivity contribution in [3.05, 3.63) is 53.9 Å². The lowest BCUT2D eigenvalue weighted by Crippen LogP contribution is -2.46. The molecule has 28 heavy (non-hydrogen) atoms. The maximum absolute atomic E-state index is 12.2. The van der Waals surface area contributed by atoms with Crippen LogP contribution < -0.4 is 4.74 Å². The Morgan fingerprint density at radius 3 is 2.79 bits per heavy atom. The Labute approximate surface area is 161 Å². The van der Waals surface area contributed by atoms with Crippen molar-refractivity contribution in [3.8, 4) is 11.5 Å². The van der Waals surface area contributed by atoms with Crippen LogP contribution in [0.25, 0.3) is 11.0 Å². The lowest BCUT2D eigenvalue weighted by molar-refractivity contribution is -0.139. The normalized spacial score (nSPS) is 18.0. The number of nitrogens with zero attached hydrogens (tertiary/aromatic N) is 1. The summed E-state index contributed by atoms with van der Waals surface area (Å²) < 4.78 is 11.0. The van der Waals surface area contributed by atoms with Crippen molar-refractivity contribution < 1.29 is 19.1 Å². The van der Waals surface area contributed by atoms with Gasteiger partial charge in [0.15, 0.2) is 0 Å². The monoisotopic (exact) mass is 376 g/mol. The van der Waals surface area contributed by atoms with E-state index in [1.165, 1.54) is 7.11 Å². The molecule has 2 aromatic heterocycles. The van der Waals surface area contributed by atoms with Gasteiger partial charge in [-0.2, -0.15) is 0 Å². The smallest absolute Gasteiger partial charge is 0.341 e. The van der Waals surface area contributed by atoms with Crippen LogP contribution in [0.1, 0.15) is 47.5 Å².